The molecule has 7 heteroatoms. The number of benzene rings is 2. The van der Waals surface area contributed by atoms with Gasteiger partial charge in [-0.3, -0.25) is 4.79 Å². The Morgan fingerprint density at radius 3 is 2.76 bits per heavy atom. The molecule has 0 amide bonds. The Morgan fingerprint density at radius 2 is 1.94 bits per heavy atom. The summed E-state index contributed by atoms with van der Waals surface area (Å²) in [6.45, 7) is 2.07. The van der Waals surface area contributed by atoms with Gasteiger partial charge < -0.3 is 10.3 Å². The molecule has 0 aliphatic heterocycles. The molecule has 0 bridgehead atoms. The summed E-state index contributed by atoms with van der Waals surface area (Å²) >= 11 is 0. The average molecular weight is 456 g/mol. The molecule has 1 atom stereocenters. The Morgan fingerprint density at radius 1 is 1.12 bits per heavy atom. The summed E-state index contributed by atoms with van der Waals surface area (Å²) in [7, 11) is 1.95. The molecule has 5 rings (SSSR count). The van der Waals surface area contributed by atoms with Gasteiger partial charge in [-0.05, 0) is 71.8 Å². The lowest BCUT2D eigenvalue weighted by Gasteiger charge is -2.11. The molecule has 0 saturated carbocycles. The van der Waals surface area contributed by atoms with Gasteiger partial charge in [0.2, 0.25) is 5.95 Å². The van der Waals surface area contributed by atoms with Gasteiger partial charge in [0.05, 0.1) is 0 Å². The lowest BCUT2D eigenvalue weighted by Crippen LogP contribution is -2.01. The van der Waals surface area contributed by atoms with E-state index in [4.69, 9.17) is 5.73 Å². The fourth-order valence-electron chi connectivity index (χ4n) is 4.56. The fraction of sp³-hybridized carbons (Fsp3) is 0.222. The van der Waals surface area contributed by atoms with E-state index in [2.05, 4.69) is 23.1 Å². The molecule has 5 aromatic rings. The predicted octanol–water partition coefficient (Wildman–Crippen LogP) is 5.77. The molecule has 34 heavy (non-hydrogen) atoms. The minimum atomic E-state index is -0.224. The molecule has 172 valence electrons. The van der Waals surface area contributed by atoms with Gasteiger partial charge in [0.25, 0.3) is 0 Å². The molecule has 3 heterocycles. The van der Waals surface area contributed by atoms with Gasteiger partial charge in [-0.1, -0.05) is 25.1 Å². The van der Waals surface area contributed by atoms with E-state index in [0.717, 1.165) is 46.0 Å². The lowest BCUT2D eigenvalue weighted by molar-refractivity contribution is 0.0980. The van der Waals surface area contributed by atoms with Gasteiger partial charge in [0, 0.05) is 42.3 Å². The molecule has 6 nitrogen and oxygen atoms in total. The van der Waals surface area contributed by atoms with E-state index >= 15 is 0 Å². The maximum Gasteiger partial charge on any atom is 0.240 e. The number of nitrogens with zero attached hydrogens (tertiary/aromatic N) is 4. The number of aryl methyl sites for hydroxylation is 1. The van der Waals surface area contributed by atoms with E-state index in [1.165, 1.54) is 6.07 Å². The number of hydrogen-bond acceptors (Lipinski definition) is 4. The second-order valence-electron chi connectivity index (χ2n) is 8.85. The molecule has 0 fully saturated rings. The standard InChI is InChI=1S/C27H26FN5O/c1-17(18-6-4-7-21(28)13-18)5-3-8-25(34)23-16-32(2)24-10-9-19(14-22(23)24)20-11-12-33-26(15-20)30-27(29)31-33/h4,6-7,9-17H,3,5,8H2,1-2H3,(H2,29,31)/t17-/m1/s1. The van der Waals surface area contributed by atoms with Crippen LogP contribution in [0.2, 0.25) is 0 Å². The summed E-state index contributed by atoms with van der Waals surface area (Å²) in [6.07, 6.45) is 5.77. The van der Waals surface area contributed by atoms with E-state index in [0.29, 0.717) is 12.1 Å². The van der Waals surface area contributed by atoms with Crippen LogP contribution in [0, 0.1) is 5.82 Å². The van der Waals surface area contributed by atoms with Crippen LogP contribution in [0.4, 0.5) is 10.3 Å². The number of aromatic nitrogens is 4. The quantitative estimate of drug-likeness (QED) is 0.316. The van der Waals surface area contributed by atoms with E-state index < -0.39 is 0 Å². The monoisotopic (exact) mass is 455 g/mol. The molecule has 0 unspecified atom stereocenters. The molecule has 0 saturated heterocycles. The zero-order chi connectivity index (χ0) is 23.8. The second-order valence-corrected chi connectivity index (χ2v) is 8.85. The van der Waals surface area contributed by atoms with E-state index in [9.17, 15) is 9.18 Å². The molecule has 0 spiro atoms. The van der Waals surface area contributed by atoms with Crippen molar-refractivity contribution in [1.82, 2.24) is 19.2 Å². The fourth-order valence-corrected chi connectivity index (χ4v) is 4.56. The third-order valence-corrected chi connectivity index (χ3v) is 6.44. The van der Waals surface area contributed by atoms with Crippen molar-refractivity contribution >= 4 is 28.3 Å². The number of nitrogen functional groups attached to an aromatic ring is 1. The first-order valence-corrected chi connectivity index (χ1v) is 11.4. The Hall–Kier alpha value is -4.00. The van der Waals surface area contributed by atoms with E-state index in [1.54, 1.807) is 16.6 Å². The number of rotatable bonds is 7. The smallest absolute Gasteiger partial charge is 0.240 e. The third kappa shape index (κ3) is 4.17. The summed E-state index contributed by atoms with van der Waals surface area (Å²) in [6, 6.07) is 16.7. The van der Waals surface area contributed by atoms with Gasteiger partial charge in [-0.15, -0.1) is 5.10 Å². The minimum Gasteiger partial charge on any atom is -0.366 e. The number of carbonyl (C=O) groups is 1. The molecule has 0 aliphatic rings. The number of hydrogen-bond donors (Lipinski definition) is 1. The average Bonchev–Trinajstić information content (AvgIpc) is 3.36. The second kappa shape index (κ2) is 8.74. The number of Topliss-reactive ketones (excluding diaryl/α,β-unsaturated/α-hetero) is 1. The molecule has 0 radical (unpaired) electrons. The summed E-state index contributed by atoms with van der Waals surface area (Å²) < 4.78 is 17.1. The summed E-state index contributed by atoms with van der Waals surface area (Å²) in [5.74, 6) is 0.326. The topological polar surface area (TPSA) is 78.2 Å². The predicted molar refractivity (Wildman–Crippen MR) is 132 cm³/mol. The van der Waals surface area contributed by atoms with Gasteiger partial charge in [-0.25, -0.2) is 8.91 Å². The van der Waals surface area contributed by atoms with E-state index in [-0.39, 0.29) is 23.5 Å². The SMILES string of the molecule is C[C@H](CCCC(=O)c1cn(C)c2ccc(-c3ccn4nc(N)nc4c3)cc12)c1cccc(F)c1. The highest BCUT2D eigenvalue weighted by molar-refractivity contribution is 6.09. The third-order valence-electron chi connectivity index (χ3n) is 6.44. The largest absolute Gasteiger partial charge is 0.366 e. The maximum absolute atomic E-state index is 13.5. The number of anilines is 1. The van der Waals surface area contributed by atoms with Gasteiger partial charge >= 0.3 is 0 Å². The summed E-state index contributed by atoms with van der Waals surface area (Å²) in [5.41, 5.74) is 11.1. The Kier molecular flexibility index (Phi) is 5.61. The highest BCUT2D eigenvalue weighted by Gasteiger charge is 2.16. The van der Waals surface area contributed by atoms with Crippen molar-refractivity contribution in [3.63, 3.8) is 0 Å². The van der Waals surface area contributed by atoms with Crippen molar-refractivity contribution in [2.75, 3.05) is 5.73 Å². The molecular formula is C27H26FN5O. The van der Waals surface area contributed by atoms with Crippen LogP contribution in [0.15, 0.2) is 67.0 Å². The van der Waals surface area contributed by atoms with Crippen molar-refractivity contribution in [1.29, 1.82) is 0 Å². The van der Waals surface area contributed by atoms with Crippen molar-refractivity contribution in [2.45, 2.75) is 32.1 Å². The van der Waals surface area contributed by atoms with Gasteiger partial charge in [0.1, 0.15) is 5.82 Å². The zero-order valence-electron chi connectivity index (χ0n) is 19.2. The van der Waals surface area contributed by atoms with Crippen LogP contribution in [-0.2, 0) is 7.05 Å². The number of pyridine rings is 1. The van der Waals surface area contributed by atoms with Crippen LogP contribution in [-0.4, -0.2) is 24.9 Å². The van der Waals surface area contributed by atoms with Crippen LogP contribution in [0.3, 0.4) is 0 Å². The maximum atomic E-state index is 13.5. The summed E-state index contributed by atoms with van der Waals surface area (Å²) in [5, 5.41) is 5.05. The van der Waals surface area contributed by atoms with Crippen molar-refractivity contribution in [3.05, 3.63) is 83.9 Å². The zero-order valence-corrected chi connectivity index (χ0v) is 19.2. The number of carbonyl (C=O) groups excluding carboxylic acids is 1. The Balaban J connectivity index is 1.36. The van der Waals surface area contributed by atoms with Crippen molar-refractivity contribution < 1.29 is 9.18 Å². The van der Waals surface area contributed by atoms with E-state index in [1.807, 2.05) is 54.3 Å². The van der Waals surface area contributed by atoms with Crippen LogP contribution in [0.5, 0.6) is 0 Å². The first kappa shape index (κ1) is 21.8. The minimum absolute atomic E-state index is 0.120. The lowest BCUT2D eigenvalue weighted by atomic mass is 9.94. The van der Waals surface area contributed by atoms with Gasteiger partial charge in [-0.2, -0.15) is 4.98 Å². The summed E-state index contributed by atoms with van der Waals surface area (Å²) in [4.78, 5) is 17.4. The normalized spacial score (nSPS) is 12.4. The molecular weight excluding hydrogens is 429 g/mol. The van der Waals surface area contributed by atoms with Crippen LogP contribution in [0.1, 0.15) is 48.0 Å². The number of nitrogens with two attached hydrogens (primary N) is 1. The molecule has 2 aromatic carbocycles. The van der Waals surface area contributed by atoms with Crippen LogP contribution < -0.4 is 5.73 Å². The van der Waals surface area contributed by atoms with Crippen LogP contribution >= 0.6 is 0 Å². The number of fused-ring (bicyclic) bond motifs is 2. The number of halogens is 1. The first-order valence-electron chi connectivity index (χ1n) is 11.4. The Labute approximate surface area is 196 Å². The molecule has 0 aliphatic carbocycles. The van der Waals surface area contributed by atoms with Gasteiger partial charge in [0.15, 0.2) is 11.4 Å². The highest BCUT2D eigenvalue weighted by Crippen LogP contribution is 2.30. The Bertz CT molecular complexity index is 1520. The molecule has 2 N–H and O–H groups in total. The van der Waals surface area contributed by atoms with Crippen molar-refractivity contribution in [2.24, 2.45) is 7.05 Å². The molecule has 3 aromatic heterocycles. The number of ketones is 1. The van der Waals surface area contributed by atoms with Crippen molar-refractivity contribution in [3.8, 4) is 11.1 Å². The highest BCUT2D eigenvalue weighted by atomic mass is 19.1. The first-order chi connectivity index (χ1) is 16.4. The van der Waals surface area contributed by atoms with Crippen LogP contribution in [0.25, 0.3) is 27.7 Å².